The van der Waals surface area contributed by atoms with Crippen LogP contribution in [0.25, 0.3) is 22.3 Å². The standard InChI is InChI=1S/C14H6F6N2S2/c15-13(16,17)11-9(5-21-23-11)7-1-2-8(4-3-7)10-6-22-24-12(10)14(18,19)20/h1-6H. The first-order valence-electron chi connectivity index (χ1n) is 6.32. The summed E-state index contributed by atoms with van der Waals surface area (Å²) in [4.78, 5) is -1.69. The van der Waals surface area contributed by atoms with Gasteiger partial charge in [-0.05, 0) is 34.2 Å². The van der Waals surface area contributed by atoms with Gasteiger partial charge in [-0.3, -0.25) is 0 Å². The van der Waals surface area contributed by atoms with E-state index in [0.29, 0.717) is 23.1 Å². The van der Waals surface area contributed by atoms with Crippen LogP contribution in [0.2, 0.25) is 0 Å². The molecule has 0 N–H and O–H groups in total. The Morgan fingerprint density at radius 2 is 0.958 bits per heavy atom. The molecule has 0 atom stereocenters. The second kappa shape index (κ2) is 5.85. The van der Waals surface area contributed by atoms with E-state index in [1.54, 1.807) is 0 Å². The van der Waals surface area contributed by atoms with Gasteiger partial charge in [0.1, 0.15) is 9.75 Å². The molecule has 0 amide bonds. The van der Waals surface area contributed by atoms with Gasteiger partial charge in [-0.25, -0.2) is 0 Å². The number of hydrogen-bond donors (Lipinski definition) is 0. The van der Waals surface area contributed by atoms with Gasteiger partial charge in [-0.2, -0.15) is 35.1 Å². The Bertz CT molecular complexity index is 774. The van der Waals surface area contributed by atoms with Crippen LogP contribution in [0.4, 0.5) is 26.3 Å². The number of aromatic nitrogens is 2. The summed E-state index contributed by atoms with van der Waals surface area (Å²) in [5, 5.41) is 0. The van der Waals surface area contributed by atoms with Gasteiger partial charge in [0.15, 0.2) is 0 Å². The summed E-state index contributed by atoms with van der Waals surface area (Å²) in [6.07, 6.45) is -6.88. The third-order valence-electron chi connectivity index (χ3n) is 3.16. The third kappa shape index (κ3) is 3.16. The molecule has 0 aliphatic carbocycles. The zero-order chi connectivity index (χ0) is 17.5. The van der Waals surface area contributed by atoms with Crippen molar-refractivity contribution in [1.29, 1.82) is 0 Å². The summed E-state index contributed by atoms with van der Waals surface area (Å²) in [6, 6.07) is 5.36. The molecule has 0 aliphatic rings. The van der Waals surface area contributed by atoms with E-state index in [0.717, 1.165) is 12.4 Å². The Hall–Kier alpha value is -1.94. The van der Waals surface area contributed by atoms with Gasteiger partial charge in [0.2, 0.25) is 0 Å². The highest BCUT2D eigenvalue weighted by Crippen LogP contribution is 2.42. The van der Waals surface area contributed by atoms with Crippen molar-refractivity contribution in [2.75, 3.05) is 0 Å². The molecule has 0 saturated carbocycles. The van der Waals surface area contributed by atoms with E-state index >= 15 is 0 Å². The van der Waals surface area contributed by atoms with Gasteiger partial charge in [-0.1, -0.05) is 24.3 Å². The molecular weight excluding hydrogens is 374 g/mol. The second-order valence-electron chi connectivity index (χ2n) is 4.71. The van der Waals surface area contributed by atoms with Gasteiger partial charge in [0.05, 0.1) is 0 Å². The maximum Gasteiger partial charge on any atom is 0.427 e. The van der Waals surface area contributed by atoms with Gasteiger partial charge >= 0.3 is 12.4 Å². The summed E-state index contributed by atoms with van der Waals surface area (Å²) in [5.41, 5.74) is 0.269. The van der Waals surface area contributed by atoms with Gasteiger partial charge < -0.3 is 0 Å². The minimum atomic E-state index is -4.53. The predicted molar refractivity (Wildman–Crippen MR) is 78.7 cm³/mol. The van der Waals surface area contributed by atoms with E-state index < -0.39 is 22.1 Å². The maximum absolute atomic E-state index is 12.9. The van der Waals surface area contributed by atoms with Crippen molar-refractivity contribution >= 4 is 23.1 Å². The average Bonchev–Trinajstić information content (AvgIpc) is 3.15. The molecule has 0 saturated heterocycles. The van der Waals surface area contributed by atoms with Crippen LogP contribution < -0.4 is 0 Å². The summed E-state index contributed by atoms with van der Waals surface area (Å²) >= 11 is 0.654. The molecule has 2 aromatic heterocycles. The highest BCUT2D eigenvalue weighted by molar-refractivity contribution is 7.06. The highest BCUT2D eigenvalue weighted by atomic mass is 32.1. The van der Waals surface area contributed by atoms with Crippen molar-refractivity contribution < 1.29 is 26.3 Å². The lowest BCUT2D eigenvalue weighted by molar-refractivity contribution is -0.134. The molecule has 0 fully saturated rings. The molecule has 2 heterocycles. The molecule has 3 aromatic rings. The predicted octanol–water partition coefficient (Wildman–Crippen LogP) is 5.97. The quantitative estimate of drug-likeness (QED) is 0.512. The molecule has 0 aliphatic heterocycles. The van der Waals surface area contributed by atoms with Crippen LogP contribution in [-0.2, 0) is 12.4 Å². The SMILES string of the molecule is FC(F)(F)c1sncc1-c1ccc(-c2cnsc2C(F)(F)F)cc1. The molecule has 3 rings (SSSR count). The molecule has 2 nitrogen and oxygen atoms in total. The third-order valence-corrected chi connectivity index (χ3v) is 4.85. The smallest absolute Gasteiger partial charge is 0.200 e. The van der Waals surface area contributed by atoms with E-state index in [1.165, 1.54) is 24.3 Å². The fraction of sp³-hybridized carbons (Fsp3) is 0.143. The van der Waals surface area contributed by atoms with Gasteiger partial charge in [0.25, 0.3) is 0 Å². The van der Waals surface area contributed by atoms with Crippen molar-refractivity contribution in [3.63, 3.8) is 0 Å². The molecule has 0 unspecified atom stereocenters. The Kier molecular flexibility index (Phi) is 4.12. The molecule has 24 heavy (non-hydrogen) atoms. The Balaban J connectivity index is 1.99. The van der Waals surface area contributed by atoms with Crippen LogP contribution in [-0.4, -0.2) is 8.75 Å². The molecule has 0 bridgehead atoms. The molecule has 1 aromatic carbocycles. The first-order chi connectivity index (χ1) is 11.2. The second-order valence-corrected chi connectivity index (χ2v) is 6.31. The Morgan fingerprint density at radius 3 is 1.25 bits per heavy atom. The zero-order valence-electron chi connectivity index (χ0n) is 11.4. The number of benzene rings is 1. The van der Waals surface area contributed by atoms with Crippen LogP contribution in [0, 0.1) is 0 Å². The van der Waals surface area contributed by atoms with E-state index in [2.05, 4.69) is 8.75 Å². The summed E-state index contributed by atoms with van der Waals surface area (Å²) < 4.78 is 84.5. The minimum Gasteiger partial charge on any atom is -0.200 e. The molecular formula is C14H6F6N2S2. The number of nitrogens with zero attached hydrogens (tertiary/aromatic N) is 2. The fourth-order valence-corrected chi connectivity index (χ4v) is 3.40. The minimum absolute atomic E-state index is 0.0986. The Morgan fingerprint density at radius 1 is 0.625 bits per heavy atom. The Labute approximate surface area is 139 Å². The molecule has 126 valence electrons. The topological polar surface area (TPSA) is 25.8 Å². The number of hydrogen-bond acceptors (Lipinski definition) is 4. The van der Waals surface area contributed by atoms with Crippen LogP contribution in [0.3, 0.4) is 0 Å². The average molecular weight is 380 g/mol. The maximum atomic E-state index is 12.9. The lowest BCUT2D eigenvalue weighted by Gasteiger charge is -2.09. The van der Waals surface area contributed by atoms with E-state index in [1.807, 2.05) is 0 Å². The molecule has 10 heteroatoms. The summed E-state index contributed by atoms with van der Waals surface area (Å²) in [5.74, 6) is 0. The highest BCUT2D eigenvalue weighted by Gasteiger charge is 2.37. The summed E-state index contributed by atoms with van der Waals surface area (Å²) in [6.45, 7) is 0. The van der Waals surface area contributed by atoms with Crippen LogP contribution in [0.5, 0.6) is 0 Å². The lowest BCUT2D eigenvalue weighted by Crippen LogP contribution is -2.04. The van der Waals surface area contributed by atoms with Crippen molar-refractivity contribution in [3.8, 4) is 22.3 Å². The number of rotatable bonds is 2. The largest absolute Gasteiger partial charge is 0.427 e. The van der Waals surface area contributed by atoms with Gasteiger partial charge in [0, 0.05) is 23.5 Å². The molecule has 0 spiro atoms. The monoisotopic (exact) mass is 380 g/mol. The fourth-order valence-electron chi connectivity index (χ4n) is 2.13. The number of halogens is 6. The first-order valence-corrected chi connectivity index (χ1v) is 7.87. The van der Waals surface area contributed by atoms with Crippen molar-refractivity contribution in [1.82, 2.24) is 8.75 Å². The van der Waals surface area contributed by atoms with E-state index in [-0.39, 0.29) is 22.3 Å². The van der Waals surface area contributed by atoms with Gasteiger partial charge in [-0.15, -0.1) is 0 Å². The summed E-state index contributed by atoms with van der Waals surface area (Å²) in [7, 11) is 0. The van der Waals surface area contributed by atoms with Crippen molar-refractivity contribution in [3.05, 3.63) is 46.4 Å². The van der Waals surface area contributed by atoms with Crippen molar-refractivity contribution in [2.45, 2.75) is 12.4 Å². The molecule has 0 radical (unpaired) electrons. The van der Waals surface area contributed by atoms with Crippen molar-refractivity contribution in [2.24, 2.45) is 0 Å². The van der Waals surface area contributed by atoms with E-state index in [4.69, 9.17) is 0 Å². The zero-order valence-corrected chi connectivity index (χ0v) is 13.1. The normalized spacial score (nSPS) is 12.6. The number of alkyl halides is 6. The van der Waals surface area contributed by atoms with Crippen LogP contribution in [0.1, 0.15) is 9.75 Å². The van der Waals surface area contributed by atoms with Crippen LogP contribution in [0.15, 0.2) is 36.7 Å². The first kappa shape index (κ1) is 16.9. The van der Waals surface area contributed by atoms with Crippen LogP contribution >= 0.6 is 23.1 Å². The lowest BCUT2D eigenvalue weighted by atomic mass is 10.0. The van der Waals surface area contributed by atoms with E-state index in [9.17, 15) is 26.3 Å².